The smallest absolute Gasteiger partial charge is 0.244 e. The lowest BCUT2D eigenvalue weighted by Crippen LogP contribution is -2.32. The van der Waals surface area contributed by atoms with Crippen LogP contribution in [0.25, 0.3) is 0 Å². The Balaban J connectivity index is 2.11. The normalized spacial score (nSPS) is 23.5. The molecule has 4 nitrogen and oxygen atoms in total. The van der Waals surface area contributed by atoms with Gasteiger partial charge in [0.05, 0.1) is 6.04 Å². The molecule has 1 fully saturated rings. The zero-order chi connectivity index (χ0) is 11.1. The molecule has 1 aromatic carbocycles. The first-order valence-corrected chi connectivity index (χ1v) is 5.44. The fraction of sp³-hybridized carbons (Fsp3) is 0.333. The Bertz CT molecular complexity index is 470. The number of anilines is 1. The average Bonchev–Trinajstić information content (AvgIpc) is 2.56. The van der Waals surface area contributed by atoms with Crippen LogP contribution >= 0.6 is 0 Å². The predicted molar refractivity (Wildman–Crippen MR) is 58.8 cm³/mol. The van der Waals surface area contributed by atoms with Crippen LogP contribution in [0.3, 0.4) is 0 Å². The molecule has 0 radical (unpaired) electrons. The molecule has 2 amide bonds. The molecule has 1 atom stereocenters. The summed E-state index contributed by atoms with van der Waals surface area (Å²) in [5.41, 5.74) is 1.90. The number of nitrogens with one attached hydrogen (secondary N) is 1. The van der Waals surface area contributed by atoms with E-state index in [9.17, 15) is 9.59 Å². The summed E-state index contributed by atoms with van der Waals surface area (Å²) < 4.78 is 0. The first kappa shape index (κ1) is 9.39. The van der Waals surface area contributed by atoms with Gasteiger partial charge in [-0.05, 0) is 18.1 Å². The van der Waals surface area contributed by atoms with Gasteiger partial charge in [-0.15, -0.1) is 0 Å². The van der Waals surface area contributed by atoms with Crippen molar-refractivity contribution in [3.63, 3.8) is 0 Å². The van der Waals surface area contributed by atoms with E-state index in [0.717, 1.165) is 17.7 Å². The molecule has 1 saturated heterocycles. The van der Waals surface area contributed by atoms with Gasteiger partial charge in [0.1, 0.15) is 6.54 Å². The molecule has 1 N–H and O–H groups in total. The van der Waals surface area contributed by atoms with Gasteiger partial charge in [-0.25, -0.2) is 0 Å². The van der Waals surface area contributed by atoms with Gasteiger partial charge in [-0.3, -0.25) is 9.59 Å². The molecule has 82 valence electrons. The fourth-order valence-electron chi connectivity index (χ4n) is 2.50. The van der Waals surface area contributed by atoms with Crippen molar-refractivity contribution >= 4 is 17.5 Å². The molecule has 1 unspecified atom stereocenters. The highest BCUT2D eigenvalue weighted by molar-refractivity contribution is 5.97. The summed E-state index contributed by atoms with van der Waals surface area (Å²) in [5, 5.41) is 2.84. The number of nitrogens with zero attached hydrogens (tertiary/aromatic N) is 1. The molecule has 2 heterocycles. The minimum Gasteiger partial charge on any atom is -0.326 e. The number of hydrogen-bond acceptors (Lipinski definition) is 2. The summed E-state index contributed by atoms with van der Waals surface area (Å²) in [5.74, 6) is -0.0259. The average molecular weight is 216 g/mol. The molecular weight excluding hydrogens is 204 g/mol. The van der Waals surface area contributed by atoms with E-state index < -0.39 is 0 Å². The van der Waals surface area contributed by atoms with Crippen LogP contribution in [0, 0.1) is 0 Å². The van der Waals surface area contributed by atoms with Crippen molar-refractivity contribution in [2.45, 2.75) is 18.9 Å². The summed E-state index contributed by atoms with van der Waals surface area (Å²) >= 11 is 0. The molecule has 0 spiro atoms. The predicted octanol–water partition coefficient (Wildman–Crippen LogP) is 1.30. The van der Waals surface area contributed by atoms with E-state index in [1.54, 1.807) is 4.90 Å². The van der Waals surface area contributed by atoms with Gasteiger partial charge in [0.25, 0.3) is 0 Å². The number of carbonyl (C=O) groups is 2. The largest absolute Gasteiger partial charge is 0.326 e. The van der Waals surface area contributed by atoms with Gasteiger partial charge in [-0.2, -0.15) is 0 Å². The van der Waals surface area contributed by atoms with E-state index in [1.807, 2.05) is 24.3 Å². The third-order valence-corrected chi connectivity index (χ3v) is 3.24. The Morgan fingerprint density at radius 1 is 1.25 bits per heavy atom. The molecule has 0 bridgehead atoms. The van der Waals surface area contributed by atoms with Crippen LogP contribution < -0.4 is 5.32 Å². The maximum absolute atomic E-state index is 11.7. The zero-order valence-corrected chi connectivity index (χ0v) is 8.77. The van der Waals surface area contributed by atoms with Crippen LogP contribution in [0.4, 0.5) is 5.69 Å². The van der Waals surface area contributed by atoms with Crippen molar-refractivity contribution in [2.24, 2.45) is 0 Å². The van der Waals surface area contributed by atoms with Crippen LogP contribution in [0.5, 0.6) is 0 Å². The second kappa shape index (κ2) is 3.33. The highest BCUT2D eigenvalue weighted by Crippen LogP contribution is 2.37. The summed E-state index contributed by atoms with van der Waals surface area (Å²) in [7, 11) is 0. The Hall–Kier alpha value is -1.84. The number of carbonyl (C=O) groups excluding carboxylic acids is 2. The second-order valence-corrected chi connectivity index (χ2v) is 4.21. The summed E-state index contributed by atoms with van der Waals surface area (Å²) in [6, 6.07) is 7.78. The summed E-state index contributed by atoms with van der Waals surface area (Å²) in [6.07, 6.45) is 1.36. The van der Waals surface area contributed by atoms with E-state index in [4.69, 9.17) is 0 Å². The molecule has 3 rings (SSSR count). The van der Waals surface area contributed by atoms with Crippen molar-refractivity contribution in [1.82, 2.24) is 4.90 Å². The van der Waals surface area contributed by atoms with E-state index >= 15 is 0 Å². The van der Waals surface area contributed by atoms with Crippen LogP contribution in [-0.4, -0.2) is 23.3 Å². The van der Waals surface area contributed by atoms with Gasteiger partial charge in [-0.1, -0.05) is 18.2 Å². The number of para-hydroxylation sites is 1. The van der Waals surface area contributed by atoms with Crippen molar-refractivity contribution in [1.29, 1.82) is 0 Å². The Kier molecular flexibility index (Phi) is 1.96. The van der Waals surface area contributed by atoms with Crippen LogP contribution in [-0.2, 0) is 9.59 Å². The monoisotopic (exact) mass is 216 g/mol. The molecular formula is C12H12N2O2. The Morgan fingerprint density at radius 2 is 2.06 bits per heavy atom. The van der Waals surface area contributed by atoms with E-state index in [-0.39, 0.29) is 24.4 Å². The van der Waals surface area contributed by atoms with E-state index in [0.29, 0.717) is 6.42 Å². The molecule has 16 heavy (non-hydrogen) atoms. The van der Waals surface area contributed by atoms with E-state index in [1.165, 1.54) is 0 Å². The van der Waals surface area contributed by atoms with Crippen LogP contribution in [0.15, 0.2) is 24.3 Å². The van der Waals surface area contributed by atoms with Gasteiger partial charge in [0.15, 0.2) is 0 Å². The van der Waals surface area contributed by atoms with Gasteiger partial charge < -0.3 is 10.2 Å². The van der Waals surface area contributed by atoms with Crippen molar-refractivity contribution in [3.05, 3.63) is 29.8 Å². The zero-order valence-electron chi connectivity index (χ0n) is 8.77. The number of amides is 2. The lowest BCUT2D eigenvalue weighted by molar-refractivity contribution is -0.132. The quantitative estimate of drug-likeness (QED) is 0.710. The molecule has 0 aliphatic carbocycles. The summed E-state index contributed by atoms with van der Waals surface area (Å²) in [4.78, 5) is 25.0. The van der Waals surface area contributed by atoms with Gasteiger partial charge >= 0.3 is 0 Å². The first-order valence-electron chi connectivity index (χ1n) is 5.44. The number of hydrogen-bond donors (Lipinski definition) is 1. The molecule has 4 heteroatoms. The molecule has 2 aliphatic rings. The van der Waals surface area contributed by atoms with Crippen molar-refractivity contribution in [2.75, 3.05) is 11.9 Å². The SMILES string of the molecule is O=C1CN2C(=O)CCC2c2ccccc2N1. The minimum absolute atomic E-state index is 0.0719. The van der Waals surface area contributed by atoms with Gasteiger partial charge in [0, 0.05) is 12.1 Å². The standard InChI is InChI=1S/C12H12N2O2/c15-11-7-14-10(5-6-12(14)16)8-3-1-2-4-9(8)13-11/h1-4,10H,5-7H2,(H,13,15). The minimum atomic E-state index is -0.106. The number of benzene rings is 1. The second-order valence-electron chi connectivity index (χ2n) is 4.21. The lowest BCUT2D eigenvalue weighted by Gasteiger charge is -2.21. The molecule has 2 aliphatic heterocycles. The highest BCUT2D eigenvalue weighted by atomic mass is 16.2. The highest BCUT2D eigenvalue weighted by Gasteiger charge is 2.36. The van der Waals surface area contributed by atoms with Crippen LogP contribution in [0.2, 0.25) is 0 Å². The Morgan fingerprint density at radius 3 is 2.94 bits per heavy atom. The fourth-order valence-corrected chi connectivity index (χ4v) is 2.50. The maximum atomic E-state index is 11.7. The van der Waals surface area contributed by atoms with Crippen LogP contribution in [0.1, 0.15) is 24.4 Å². The van der Waals surface area contributed by atoms with Gasteiger partial charge in [0.2, 0.25) is 11.8 Å². The summed E-state index contributed by atoms with van der Waals surface area (Å²) in [6.45, 7) is 0.179. The third-order valence-electron chi connectivity index (χ3n) is 3.24. The number of rotatable bonds is 0. The lowest BCUT2D eigenvalue weighted by atomic mass is 10.0. The topological polar surface area (TPSA) is 49.4 Å². The first-order chi connectivity index (χ1) is 7.75. The maximum Gasteiger partial charge on any atom is 0.244 e. The third kappa shape index (κ3) is 1.30. The molecule has 0 aromatic heterocycles. The van der Waals surface area contributed by atoms with Crippen molar-refractivity contribution in [3.8, 4) is 0 Å². The Labute approximate surface area is 93.2 Å². The number of fused-ring (bicyclic) bond motifs is 3. The van der Waals surface area contributed by atoms with E-state index in [2.05, 4.69) is 5.32 Å². The molecule has 1 aromatic rings. The molecule has 0 saturated carbocycles. The van der Waals surface area contributed by atoms with Crippen molar-refractivity contribution < 1.29 is 9.59 Å².